The second-order valence-electron chi connectivity index (χ2n) is 2.29. The largest absolute Gasteiger partial charge is 0.478 e. The number of rotatable bonds is 2. The number of aromatic nitrogens is 1. The number of nitrogens with zero attached hydrogens (tertiary/aromatic N) is 1. The lowest BCUT2D eigenvalue weighted by molar-refractivity contribution is 0.0688. The summed E-state index contributed by atoms with van der Waals surface area (Å²) in [7, 11) is 0. The monoisotopic (exact) mass is 209 g/mol. The van der Waals surface area contributed by atoms with Crippen LogP contribution in [-0.2, 0) is 0 Å². The van der Waals surface area contributed by atoms with Crippen LogP contribution in [0.1, 0.15) is 22.5 Å². The molecule has 0 spiro atoms. The van der Waals surface area contributed by atoms with Gasteiger partial charge in [0.25, 0.3) is 6.43 Å². The summed E-state index contributed by atoms with van der Waals surface area (Å²) in [5.41, 5.74) is -2.47. The van der Waals surface area contributed by atoms with Crippen molar-refractivity contribution in [1.82, 2.24) is 4.98 Å². The van der Waals surface area contributed by atoms with Crippen molar-refractivity contribution >= 4 is 5.97 Å². The number of halogens is 4. The molecule has 0 unspecified atom stereocenters. The molecule has 0 aliphatic heterocycles. The summed E-state index contributed by atoms with van der Waals surface area (Å²) < 4.78 is 49.3. The second-order valence-corrected chi connectivity index (χ2v) is 2.29. The van der Waals surface area contributed by atoms with Crippen LogP contribution < -0.4 is 0 Å². The maximum absolute atomic E-state index is 12.7. The first-order valence-corrected chi connectivity index (χ1v) is 3.30. The smallest absolute Gasteiger partial charge is 0.340 e. The molecule has 1 N–H and O–H groups in total. The molecule has 1 aromatic heterocycles. The highest BCUT2D eigenvalue weighted by Crippen LogP contribution is 2.22. The average Bonchev–Trinajstić information content (AvgIpc) is 2.08. The third-order valence-electron chi connectivity index (χ3n) is 1.42. The van der Waals surface area contributed by atoms with Crippen LogP contribution >= 0.6 is 0 Å². The number of pyridine rings is 1. The predicted molar refractivity (Wildman–Crippen MR) is 36.1 cm³/mol. The van der Waals surface area contributed by atoms with Crippen molar-refractivity contribution in [3.8, 4) is 0 Å². The molecular formula is C7H3F4NO2. The maximum atomic E-state index is 12.7. The molecule has 0 aliphatic carbocycles. The fourth-order valence-electron chi connectivity index (χ4n) is 0.779. The van der Waals surface area contributed by atoms with E-state index in [0.29, 0.717) is 6.20 Å². The number of carboxylic acid groups (broad SMARTS) is 1. The molecule has 7 heteroatoms. The minimum absolute atomic E-state index is 0.349. The van der Waals surface area contributed by atoms with Crippen LogP contribution in [0, 0.1) is 11.6 Å². The summed E-state index contributed by atoms with van der Waals surface area (Å²) in [4.78, 5) is 13.0. The number of hydrogen-bond donors (Lipinski definition) is 1. The van der Waals surface area contributed by atoms with E-state index < -0.39 is 35.3 Å². The molecule has 3 nitrogen and oxygen atoms in total. The van der Waals surface area contributed by atoms with Gasteiger partial charge < -0.3 is 5.11 Å². The molecular weight excluding hydrogens is 206 g/mol. The number of aromatic carboxylic acids is 1. The number of hydrogen-bond acceptors (Lipinski definition) is 2. The molecule has 0 atom stereocenters. The quantitative estimate of drug-likeness (QED) is 0.757. The summed E-state index contributed by atoms with van der Waals surface area (Å²) in [6.45, 7) is 0. The van der Waals surface area contributed by atoms with Gasteiger partial charge in [0.2, 0.25) is 0 Å². The fourth-order valence-corrected chi connectivity index (χ4v) is 0.779. The van der Waals surface area contributed by atoms with E-state index >= 15 is 0 Å². The van der Waals surface area contributed by atoms with Gasteiger partial charge in [-0.15, -0.1) is 0 Å². The van der Waals surface area contributed by atoms with Gasteiger partial charge in [-0.05, 0) is 0 Å². The van der Waals surface area contributed by atoms with E-state index in [1.54, 1.807) is 0 Å². The van der Waals surface area contributed by atoms with E-state index in [0.717, 1.165) is 0 Å². The van der Waals surface area contributed by atoms with Crippen molar-refractivity contribution in [2.24, 2.45) is 0 Å². The molecule has 0 saturated heterocycles. The van der Waals surface area contributed by atoms with E-state index in [1.165, 1.54) is 0 Å². The van der Waals surface area contributed by atoms with E-state index in [2.05, 4.69) is 4.98 Å². The molecule has 0 aromatic carbocycles. The maximum Gasteiger partial charge on any atom is 0.340 e. The molecule has 1 heterocycles. The van der Waals surface area contributed by atoms with Crippen LogP contribution in [0.3, 0.4) is 0 Å². The Bertz CT molecular complexity index is 380. The fraction of sp³-hybridized carbons (Fsp3) is 0.143. The zero-order chi connectivity index (χ0) is 10.9. The van der Waals surface area contributed by atoms with Crippen LogP contribution in [0.25, 0.3) is 0 Å². The van der Waals surface area contributed by atoms with Crippen molar-refractivity contribution < 1.29 is 27.5 Å². The average molecular weight is 209 g/mol. The number of alkyl halides is 2. The first-order valence-electron chi connectivity index (χ1n) is 3.30. The van der Waals surface area contributed by atoms with E-state index in [1.807, 2.05) is 0 Å². The van der Waals surface area contributed by atoms with Gasteiger partial charge in [-0.3, -0.25) is 4.98 Å². The van der Waals surface area contributed by atoms with Gasteiger partial charge in [-0.25, -0.2) is 22.4 Å². The summed E-state index contributed by atoms with van der Waals surface area (Å²) in [6.07, 6.45) is -2.94. The Morgan fingerprint density at radius 1 is 1.36 bits per heavy atom. The van der Waals surface area contributed by atoms with E-state index in [-0.39, 0.29) is 0 Å². The Kier molecular flexibility index (Phi) is 2.68. The van der Waals surface area contributed by atoms with Crippen LogP contribution in [0.15, 0.2) is 6.20 Å². The lowest BCUT2D eigenvalue weighted by Gasteiger charge is -2.03. The van der Waals surface area contributed by atoms with Crippen molar-refractivity contribution in [1.29, 1.82) is 0 Å². The highest BCUT2D eigenvalue weighted by atomic mass is 19.3. The van der Waals surface area contributed by atoms with Gasteiger partial charge in [0, 0.05) is 6.20 Å². The van der Waals surface area contributed by atoms with E-state index in [4.69, 9.17) is 5.11 Å². The highest BCUT2D eigenvalue weighted by Gasteiger charge is 2.23. The van der Waals surface area contributed by atoms with Crippen LogP contribution in [0.5, 0.6) is 0 Å². The summed E-state index contributed by atoms with van der Waals surface area (Å²) in [6, 6.07) is 0. The van der Waals surface area contributed by atoms with Crippen molar-refractivity contribution in [2.45, 2.75) is 6.43 Å². The van der Waals surface area contributed by atoms with Gasteiger partial charge in [-0.1, -0.05) is 0 Å². The zero-order valence-electron chi connectivity index (χ0n) is 6.47. The standard InChI is InChI=1S/C7H3F4NO2/c8-3-2(7(13)14)1-12-5(4(3)9)6(10)11/h1,6H,(H,13,14). The zero-order valence-corrected chi connectivity index (χ0v) is 6.47. The minimum atomic E-state index is -3.28. The third-order valence-corrected chi connectivity index (χ3v) is 1.42. The van der Waals surface area contributed by atoms with Crippen LogP contribution in [0.2, 0.25) is 0 Å². The van der Waals surface area contributed by atoms with Gasteiger partial charge >= 0.3 is 5.97 Å². The first kappa shape index (κ1) is 10.4. The lowest BCUT2D eigenvalue weighted by Crippen LogP contribution is -2.08. The normalized spacial score (nSPS) is 10.6. The molecule has 0 fully saturated rings. The Hall–Kier alpha value is -1.66. The lowest BCUT2D eigenvalue weighted by atomic mass is 10.2. The Labute approximate surface area is 75.0 Å². The molecule has 1 aromatic rings. The summed E-state index contributed by atoms with van der Waals surface area (Å²) in [5, 5.41) is 8.29. The van der Waals surface area contributed by atoms with Crippen LogP contribution in [-0.4, -0.2) is 16.1 Å². The molecule has 1 rings (SSSR count). The third kappa shape index (κ3) is 1.66. The molecule has 0 radical (unpaired) electrons. The van der Waals surface area contributed by atoms with Crippen molar-refractivity contribution in [3.05, 3.63) is 29.1 Å². The molecule has 0 amide bonds. The summed E-state index contributed by atoms with van der Waals surface area (Å²) >= 11 is 0. The molecule has 0 bridgehead atoms. The SMILES string of the molecule is O=C(O)c1cnc(C(F)F)c(F)c1F. The number of carboxylic acids is 1. The molecule has 76 valence electrons. The number of carbonyl (C=O) groups is 1. The van der Waals surface area contributed by atoms with Crippen molar-refractivity contribution in [3.63, 3.8) is 0 Å². The van der Waals surface area contributed by atoms with Gasteiger partial charge in [0.1, 0.15) is 11.3 Å². The second kappa shape index (κ2) is 3.60. The van der Waals surface area contributed by atoms with Crippen molar-refractivity contribution in [2.75, 3.05) is 0 Å². The van der Waals surface area contributed by atoms with Gasteiger partial charge in [0.15, 0.2) is 11.6 Å². The van der Waals surface area contributed by atoms with Gasteiger partial charge in [-0.2, -0.15) is 0 Å². The molecule has 14 heavy (non-hydrogen) atoms. The van der Waals surface area contributed by atoms with Crippen LogP contribution in [0.4, 0.5) is 17.6 Å². The molecule has 0 aliphatic rings. The highest BCUT2D eigenvalue weighted by molar-refractivity contribution is 5.87. The minimum Gasteiger partial charge on any atom is -0.478 e. The Morgan fingerprint density at radius 3 is 2.36 bits per heavy atom. The topological polar surface area (TPSA) is 50.2 Å². The Balaban J connectivity index is 3.33. The summed E-state index contributed by atoms with van der Waals surface area (Å²) in [5.74, 6) is -5.53. The molecule has 0 saturated carbocycles. The first-order chi connectivity index (χ1) is 6.45. The van der Waals surface area contributed by atoms with E-state index in [9.17, 15) is 22.4 Å². The van der Waals surface area contributed by atoms with Gasteiger partial charge in [0.05, 0.1) is 0 Å². The predicted octanol–water partition coefficient (Wildman–Crippen LogP) is 2.00. The Morgan fingerprint density at radius 2 is 1.93 bits per heavy atom.